The van der Waals surface area contributed by atoms with Gasteiger partial charge in [0.05, 0.1) is 0 Å². The lowest BCUT2D eigenvalue weighted by Crippen LogP contribution is -2.34. The van der Waals surface area contributed by atoms with E-state index in [1.165, 1.54) is 0 Å². The monoisotopic (exact) mass is 260 g/mol. The van der Waals surface area contributed by atoms with Crippen molar-refractivity contribution in [1.29, 1.82) is 0 Å². The second-order valence-corrected chi connectivity index (χ2v) is 4.67. The van der Waals surface area contributed by atoms with Gasteiger partial charge in [-0.15, -0.1) is 0 Å². The van der Waals surface area contributed by atoms with Crippen LogP contribution in [-0.4, -0.2) is 24.9 Å². The van der Waals surface area contributed by atoms with Crippen LogP contribution in [-0.2, 0) is 4.79 Å². The van der Waals surface area contributed by atoms with Crippen molar-refractivity contribution in [3.05, 3.63) is 47.0 Å². The highest BCUT2D eigenvalue weighted by molar-refractivity contribution is 5.94. The molecule has 19 heavy (non-hydrogen) atoms. The van der Waals surface area contributed by atoms with Crippen molar-refractivity contribution in [1.82, 2.24) is 10.6 Å². The molecule has 1 aromatic rings. The molecule has 102 valence electrons. The quantitative estimate of drug-likeness (QED) is 0.625. The van der Waals surface area contributed by atoms with Crippen molar-refractivity contribution >= 4 is 11.8 Å². The highest BCUT2D eigenvalue weighted by atomic mass is 16.2. The number of carbonyl (C=O) groups excluding carboxylic acids is 2. The first-order valence-corrected chi connectivity index (χ1v) is 6.20. The third kappa shape index (κ3) is 4.95. The number of carbonyl (C=O) groups is 2. The van der Waals surface area contributed by atoms with Crippen LogP contribution >= 0.6 is 0 Å². The fourth-order valence-corrected chi connectivity index (χ4v) is 1.71. The molecule has 0 saturated carbocycles. The lowest BCUT2D eigenvalue weighted by Gasteiger charge is -2.08. The van der Waals surface area contributed by atoms with Crippen LogP contribution in [0.3, 0.4) is 0 Å². The Bertz CT molecular complexity index is 487. The van der Waals surface area contributed by atoms with Crippen molar-refractivity contribution in [2.75, 3.05) is 13.1 Å². The number of hydrogen-bond donors (Lipinski definition) is 2. The van der Waals surface area contributed by atoms with Gasteiger partial charge < -0.3 is 10.6 Å². The Kier molecular flexibility index (Phi) is 5.30. The number of nitrogens with one attached hydrogen (secondary N) is 2. The van der Waals surface area contributed by atoms with Gasteiger partial charge in [-0.05, 0) is 32.9 Å². The van der Waals surface area contributed by atoms with E-state index in [0.29, 0.717) is 24.2 Å². The second-order valence-electron chi connectivity index (χ2n) is 4.67. The first kappa shape index (κ1) is 15.0. The third-order valence-electron chi connectivity index (χ3n) is 2.57. The molecule has 0 atom stereocenters. The molecule has 4 heteroatoms. The molecular weight excluding hydrogens is 240 g/mol. The zero-order chi connectivity index (χ0) is 14.4. The minimum atomic E-state index is -0.194. The van der Waals surface area contributed by atoms with Gasteiger partial charge >= 0.3 is 0 Å². The average molecular weight is 260 g/mol. The average Bonchev–Trinajstić information content (AvgIpc) is 2.32. The zero-order valence-electron chi connectivity index (χ0n) is 11.7. The van der Waals surface area contributed by atoms with Crippen LogP contribution in [0, 0.1) is 13.8 Å². The zero-order valence-corrected chi connectivity index (χ0v) is 11.7. The Labute approximate surface area is 113 Å². The summed E-state index contributed by atoms with van der Waals surface area (Å²) in [4.78, 5) is 23.1. The molecule has 0 spiro atoms. The highest BCUT2D eigenvalue weighted by Crippen LogP contribution is 2.08. The Morgan fingerprint density at radius 1 is 1.05 bits per heavy atom. The summed E-state index contributed by atoms with van der Waals surface area (Å²) in [6, 6.07) is 5.70. The smallest absolute Gasteiger partial charge is 0.251 e. The Hall–Kier alpha value is -2.10. The van der Waals surface area contributed by atoms with Crippen molar-refractivity contribution in [3.8, 4) is 0 Å². The minimum absolute atomic E-state index is 0.128. The van der Waals surface area contributed by atoms with Gasteiger partial charge in [-0.1, -0.05) is 23.8 Å². The van der Waals surface area contributed by atoms with Crippen molar-refractivity contribution in [2.24, 2.45) is 0 Å². The lowest BCUT2D eigenvalue weighted by molar-refractivity contribution is -0.117. The molecule has 0 radical (unpaired) electrons. The van der Waals surface area contributed by atoms with E-state index in [2.05, 4.69) is 17.2 Å². The molecule has 0 aliphatic rings. The van der Waals surface area contributed by atoms with Crippen LogP contribution in [0.25, 0.3) is 0 Å². The number of amides is 2. The van der Waals surface area contributed by atoms with Crippen LogP contribution in [0.5, 0.6) is 0 Å². The van der Waals surface area contributed by atoms with E-state index in [-0.39, 0.29) is 11.8 Å². The van der Waals surface area contributed by atoms with E-state index in [9.17, 15) is 9.59 Å². The number of benzene rings is 1. The maximum atomic E-state index is 11.9. The van der Waals surface area contributed by atoms with Crippen LogP contribution in [0.2, 0.25) is 0 Å². The van der Waals surface area contributed by atoms with Crippen molar-refractivity contribution in [2.45, 2.75) is 20.8 Å². The lowest BCUT2D eigenvalue weighted by atomic mass is 10.1. The maximum Gasteiger partial charge on any atom is 0.251 e. The number of hydrogen-bond acceptors (Lipinski definition) is 2. The Morgan fingerprint density at radius 3 is 2.11 bits per heavy atom. The molecule has 0 aliphatic heterocycles. The van der Waals surface area contributed by atoms with E-state index in [0.717, 1.165) is 11.1 Å². The summed E-state index contributed by atoms with van der Waals surface area (Å²) in [7, 11) is 0. The molecule has 0 heterocycles. The standard InChI is InChI=1S/C15H20N2O2/c1-10(2)14(18)16-5-6-17-15(19)13-8-11(3)7-12(4)9-13/h7-9H,1,5-6H2,2-4H3,(H,16,18)(H,17,19). The first-order chi connectivity index (χ1) is 8.90. The Morgan fingerprint density at radius 2 is 1.58 bits per heavy atom. The van der Waals surface area contributed by atoms with Gasteiger partial charge in [-0.25, -0.2) is 0 Å². The summed E-state index contributed by atoms with van der Waals surface area (Å²) in [5.41, 5.74) is 3.21. The van der Waals surface area contributed by atoms with Gasteiger partial charge in [-0.3, -0.25) is 9.59 Å². The highest BCUT2D eigenvalue weighted by Gasteiger charge is 2.06. The van der Waals surface area contributed by atoms with Gasteiger partial charge in [0.15, 0.2) is 0 Å². The first-order valence-electron chi connectivity index (χ1n) is 6.20. The van der Waals surface area contributed by atoms with Gasteiger partial charge in [0.25, 0.3) is 5.91 Å². The normalized spacial score (nSPS) is 9.84. The Balaban J connectivity index is 2.43. The van der Waals surface area contributed by atoms with Crippen LogP contribution < -0.4 is 10.6 Å². The fraction of sp³-hybridized carbons (Fsp3) is 0.333. The second kappa shape index (κ2) is 6.73. The molecule has 0 aliphatic carbocycles. The summed E-state index contributed by atoms with van der Waals surface area (Å²) in [5.74, 6) is -0.322. The van der Waals surface area contributed by atoms with Crippen LogP contribution in [0.4, 0.5) is 0 Å². The number of rotatable bonds is 5. The fourth-order valence-electron chi connectivity index (χ4n) is 1.71. The molecule has 0 fully saturated rings. The minimum Gasteiger partial charge on any atom is -0.351 e. The molecule has 0 saturated heterocycles. The van der Waals surface area contributed by atoms with Crippen LogP contribution in [0.1, 0.15) is 28.4 Å². The van der Waals surface area contributed by atoms with Gasteiger partial charge in [-0.2, -0.15) is 0 Å². The van der Waals surface area contributed by atoms with E-state index in [1.807, 2.05) is 32.0 Å². The molecule has 2 N–H and O–H groups in total. The van der Waals surface area contributed by atoms with E-state index in [1.54, 1.807) is 6.92 Å². The van der Waals surface area contributed by atoms with Gasteiger partial charge in [0.2, 0.25) is 5.91 Å². The molecule has 0 bridgehead atoms. The van der Waals surface area contributed by atoms with E-state index in [4.69, 9.17) is 0 Å². The summed E-state index contributed by atoms with van der Waals surface area (Å²) in [6.07, 6.45) is 0. The molecule has 2 amide bonds. The summed E-state index contributed by atoms with van der Waals surface area (Å²) in [6.45, 7) is 9.87. The molecule has 1 aromatic carbocycles. The van der Waals surface area contributed by atoms with Gasteiger partial charge in [0, 0.05) is 24.2 Å². The molecular formula is C15H20N2O2. The van der Waals surface area contributed by atoms with Crippen molar-refractivity contribution < 1.29 is 9.59 Å². The summed E-state index contributed by atoms with van der Waals surface area (Å²) < 4.78 is 0. The van der Waals surface area contributed by atoms with Crippen molar-refractivity contribution in [3.63, 3.8) is 0 Å². The maximum absolute atomic E-state index is 11.9. The predicted molar refractivity (Wildman–Crippen MR) is 76.1 cm³/mol. The number of aryl methyl sites for hydroxylation is 2. The third-order valence-corrected chi connectivity index (χ3v) is 2.57. The predicted octanol–water partition coefficient (Wildman–Crippen LogP) is 1.73. The summed E-state index contributed by atoms with van der Waals surface area (Å²) in [5, 5.41) is 5.42. The van der Waals surface area contributed by atoms with E-state index < -0.39 is 0 Å². The summed E-state index contributed by atoms with van der Waals surface area (Å²) >= 11 is 0. The molecule has 1 rings (SSSR count). The van der Waals surface area contributed by atoms with E-state index >= 15 is 0 Å². The largest absolute Gasteiger partial charge is 0.351 e. The molecule has 0 aromatic heterocycles. The van der Waals surface area contributed by atoms with Crippen LogP contribution in [0.15, 0.2) is 30.4 Å². The SMILES string of the molecule is C=C(C)C(=O)NCCNC(=O)c1cc(C)cc(C)c1. The molecule has 4 nitrogen and oxygen atoms in total. The topological polar surface area (TPSA) is 58.2 Å². The van der Waals surface area contributed by atoms with Gasteiger partial charge in [0.1, 0.15) is 0 Å². The molecule has 0 unspecified atom stereocenters.